The number of halogens is 1. The summed E-state index contributed by atoms with van der Waals surface area (Å²) in [6.45, 7) is 0.258. The number of hydrogen-bond acceptors (Lipinski definition) is 4. The summed E-state index contributed by atoms with van der Waals surface area (Å²) in [5.74, 6) is 0.363. The van der Waals surface area contributed by atoms with Crippen molar-refractivity contribution in [2.75, 3.05) is 5.73 Å². The summed E-state index contributed by atoms with van der Waals surface area (Å²) in [7, 11) is 0. The average molecular weight is 297 g/mol. The Morgan fingerprint density at radius 1 is 1.47 bits per heavy atom. The van der Waals surface area contributed by atoms with E-state index in [1.165, 1.54) is 10.8 Å². The Morgan fingerprint density at radius 3 is 2.94 bits per heavy atom. The van der Waals surface area contributed by atoms with Gasteiger partial charge in [0.2, 0.25) is 0 Å². The smallest absolute Gasteiger partial charge is 0.328 e. The molecule has 88 valence electrons. The van der Waals surface area contributed by atoms with Crippen LogP contribution in [0.5, 0.6) is 0 Å². The summed E-state index contributed by atoms with van der Waals surface area (Å²) in [5.41, 5.74) is 5.45. The lowest BCUT2D eigenvalue weighted by Crippen LogP contribution is -2.30. The van der Waals surface area contributed by atoms with E-state index < -0.39 is 11.2 Å². The lowest BCUT2D eigenvalue weighted by Gasteiger charge is -2.07. The van der Waals surface area contributed by atoms with E-state index in [-0.39, 0.29) is 6.54 Å². The Morgan fingerprint density at radius 2 is 2.24 bits per heavy atom. The van der Waals surface area contributed by atoms with E-state index in [1.807, 2.05) is 0 Å². The van der Waals surface area contributed by atoms with Gasteiger partial charge in [-0.25, -0.2) is 9.78 Å². The molecule has 2 aromatic heterocycles. The molecule has 2 aromatic rings. The van der Waals surface area contributed by atoms with E-state index >= 15 is 0 Å². The number of hydrogen-bond donors (Lipinski definition) is 2. The van der Waals surface area contributed by atoms with Gasteiger partial charge in [0.15, 0.2) is 0 Å². The summed E-state index contributed by atoms with van der Waals surface area (Å²) in [5, 5.41) is 0. The number of H-pyrrole nitrogens is 1. The molecule has 2 rings (SSSR count). The maximum absolute atomic E-state index is 11.5. The number of nitrogen functional groups attached to an aromatic ring is 1. The molecule has 0 spiro atoms. The number of anilines is 1. The predicted molar refractivity (Wildman–Crippen MR) is 66.8 cm³/mol. The van der Waals surface area contributed by atoms with Gasteiger partial charge in [-0.3, -0.25) is 14.3 Å². The molecular formula is C10H9BrN4O2. The maximum Gasteiger partial charge on any atom is 0.328 e. The first-order chi connectivity index (χ1) is 8.08. The number of aromatic amines is 1. The van der Waals surface area contributed by atoms with Crippen LogP contribution >= 0.6 is 15.9 Å². The van der Waals surface area contributed by atoms with Crippen LogP contribution in [0.4, 0.5) is 5.82 Å². The molecule has 3 N–H and O–H groups in total. The third kappa shape index (κ3) is 2.44. The van der Waals surface area contributed by atoms with E-state index in [9.17, 15) is 9.59 Å². The molecule has 2 heterocycles. The Hall–Kier alpha value is -1.89. The summed E-state index contributed by atoms with van der Waals surface area (Å²) < 4.78 is 1.64. The molecule has 0 saturated heterocycles. The van der Waals surface area contributed by atoms with Gasteiger partial charge in [-0.05, 0) is 22.0 Å². The SMILES string of the molecule is Nc1ncccc1Cn1cc(Br)c(=O)[nH]c1=O. The molecule has 7 heteroatoms. The highest BCUT2D eigenvalue weighted by Crippen LogP contribution is 2.08. The number of aromatic nitrogens is 3. The molecule has 17 heavy (non-hydrogen) atoms. The van der Waals surface area contributed by atoms with Crippen LogP contribution in [0, 0.1) is 0 Å². The molecule has 0 aliphatic heterocycles. The van der Waals surface area contributed by atoms with Crippen molar-refractivity contribution in [1.29, 1.82) is 0 Å². The highest BCUT2D eigenvalue weighted by molar-refractivity contribution is 9.10. The van der Waals surface area contributed by atoms with Crippen LogP contribution in [0.1, 0.15) is 5.56 Å². The first kappa shape index (κ1) is 11.6. The highest BCUT2D eigenvalue weighted by atomic mass is 79.9. The van der Waals surface area contributed by atoms with E-state index in [1.54, 1.807) is 18.3 Å². The van der Waals surface area contributed by atoms with Crippen molar-refractivity contribution in [3.8, 4) is 0 Å². The molecular weight excluding hydrogens is 288 g/mol. The van der Waals surface area contributed by atoms with Crippen molar-refractivity contribution < 1.29 is 0 Å². The van der Waals surface area contributed by atoms with Crippen molar-refractivity contribution in [2.24, 2.45) is 0 Å². The minimum atomic E-state index is -0.485. The molecule has 0 saturated carbocycles. The Kier molecular flexibility index (Phi) is 3.10. The number of nitrogens with zero attached hydrogens (tertiary/aromatic N) is 2. The molecule has 0 radical (unpaired) electrons. The maximum atomic E-state index is 11.5. The molecule has 6 nitrogen and oxygen atoms in total. The Bertz CT molecular complexity index is 662. The van der Waals surface area contributed by atoms with Gasteiger partial charge in [0.1, 0.15) is 5.82 Å². The predicted octanol–water partition coefficient (Wildman–Crippen LogP) is 0.325. The molecule has 0 bridgehead atoms. The monoisotopic (exact) mass is 296 g/mol. The van der Waals surface area contributed by atoms with Gasteiger partial charge in [0.25, 0.3) is 5.56 Å². The average Bonchev–Trinajstić information content (AvgIpc) is 2.29. The van der Waals surface area contributed by atoms with Crippen LogP contribution in [-0.2, 0) is 6.54 Å². The van der Waals surface area contributed by atoms with Crippen molar-refractivity contribution >= 4 is 21.7 Å². The van der Waals surface area contributed by atoms with Gasteiger partial charge in [-0.2, -0.15) is 0 Å². The highest BCUT2D eigenvalue weighted by Gasteiger charge is 2.05. The summed E-state index contributed by atoms with van der Waals surface area (Å²) in [6, 6.07) is 3.51. The standard InChI is InChI=1S/C10H9BrN4O2/c11-7-5-15(10(17)14-9(7)16)4-6-2-1-3-13-8(6)12/h1-3,5H,4H2,(H2,12,13)(H,14,16,17). The molecule has 0 atom stereocenters. The number of rotatable bonds is 2. The molecule has 0 aromatic carbocycles. The third-order valence-electron chi connectivity index (χ3n) is 2.23. The van der Waals surface area contributed by atoms with Gasteiger partial charge < -0.3 is 5.73 Å². The minimum absolute atomic E-state index is 0.258. The molecule has 0 fully saturated rings. The van der Waals surface area contributed by atoms with Crippen LogP contribution in [0.25, 0.3) is 0 Å². The second kappa shape index (κ2) is 4.54. The fraction of sp³-hybridized carbons (Fsp3) is 0.100. The van der Waals surface area contributed by atoms with Crippen LogP contribution in [-0.4, -0.2) is 14.5 Å². The lowest BCUT2D eigenvalue weighted by molar-refractivity contribution is 0.715. The van der Waals surface area contributed by atoms with E-state index in [4.69, 9.17) is 5.73 Å². The van der Waals surface area contributed by atoms with Crippen LogP contribution < -0.4 is 17.0 Å². The van der Waals surface area contributed by atoms with Crippen molar-refractivity contribution in [1.82, 2.24) is 14.5 Å². The fourth-order valence-electron chi connectivity index (χ4n) is 1.37. The summed E-state index contributed by atoms with van der Waals surface area (Å²) >= 11 is 3.06. The van der Waals surface area contributed by atoms with E-state index in [0.29, 0.717) is 15.9 Å². The Labute approximate surface area is 104 Å². The Balaban J connectivity index is 2.44. The zero-order valence-electron chi connectivity index (χ0n) is 8.68. The largest absolute Gasteiger partial charge is 0.383 e. The quantitative estimate of drug-likeness (QED) is 0.835. The van der Waals surface area contributed by atoms with Crippen molar-refractivity contribution in [3.63, 3.8) is 0 Å². The summed E-state index contributed by atoms with van der Waals surface area (Å²) in [6.07, 6.45) is 3.00. The van der Waals surface area contributed by atoms with Gasteiger partial charge in [0.05, 0.1) is 11.0 Å². The number of nitrogens with two attached hydrogens (primary N) is 1. The van der Waals surface area contributed by atoms with E-state index in [2.05, 4.69) is 25.9 Å². The molecule has 0 unspecified atom stereocenters. The molecule has 0 aliphatic carbocycles. The zero-order chi connectivity index (χ0) is 12.4. The van der Waals surface area contributed by atoms with Crippen LogP contribution in [0.3, 0.4) is 0 Å². The third-order valence-corrected chi connectivity index (χ3v) is 2.80. The zero-order valence-corrected chi connectivity index (χ0v) is 10.3. The minimum Gasteiger partial charge on any atom is -0.383 e. The first-order valence-corrected chi connectivity index (χ1v) is 5.56. The van der Waals surface area contributed by atoms with Crippen molar-refractivity contribution in [3.05, 3.63) is 55.4 Å². The van der Waals surface area contributed by atoms with Gasteiger partial charge in [0, 0.05) is 18.0 Å². The topological polar surface area (TPSA) is 93.8 Å². The van der Waals surface area contributed by atoms with E-state index in [0.717, 1.165) is 0 Å². The lowest BCUT2D eigenvalue weighted by atomic mass is 10.2. The van der Waals surface area contributed by atoms with Gasteiger partial charge in [-0.1, -0.05) is 6.07 Å². The van der Waals surface area contributed by atoms with Crippen molar-refractivity contribution in [2.45, 2.75) is 6.54 Å². The van der Waals surface area contributed by atoms with Gasteiger partial charge in [-0.15, -0.1) is 0 Å². The second-order valence-electron chi connectivity index (χ2n) is 3.41. The molecule has 0 aliphatic rings. The van der Waals surface area contributed by atoms with Crippen LogP contribution in [0.2, 0.25) is 0 Å². The van der Waals surface area contributed by atoms with Gasteiger partial charge >= 0.3 is 5.69 Å². The fourth-order valence-corrected chi connectivity index (χ4v) is 1.71. The molecule has 0 amide bonds. The normalized spacial score (nSPS) is 10.4. The summed E-state index contributed by atoms with van der Waals surface area (Å²) in [4.78, 5) is 28.8. The van der Waals surface area contributed by atoms with Crippen LogP contribution in [0.15, 0.2) is 38.6 Å². The second-order valence-corrected chi connectivity index (χ2v) is 4.27. The number of pyridine rings is 1. The number of nitrogens with one attached hydrogen (secondary N) is 1. The first-order valence-electron chi connectivity index (χ1n) is 4.76.